The summed E-state index contributed by atoms with van der Waals surface area (Å²) >= 11 is 0. The van der Waals surface area contributed by atoms with E-state index in [0.717, 1.165) is 0 Å². The topological polar surface area (TPSA) is 66.0 Å². The van der Waals surface area contributed by atoms with Crippen molar-refractivity contribution < 1.29 is 9.47 Å². The minimum atomic E-state index is -0.259. The zero-order valence-corrected chi connectivity index (χ0v) is 7.87. The van der Waals surface area contributed by atoms with Gasteiger partial charge >= 0.3 is 0 Å². The first-order valence-electron chi connectivity index (χ1n) is 3.47. The van der Waals surface area contributed by atoms with Gasteiger partial charge in [0.2, 0.25) is 0 Å². The fourth-order valence-corrected chi connectivity index (χ4v) is 0.105. The Balaban J connectivity index is 0. The molecule has 0 aliphatic heterocycles. The van der Waals surface area contributed by atoms with Crippen LogP contribution in [-0.2, 0) is 9.47 Å². The standard InChI is InChI=1S/2C4H7NO/c2*1-4(3-5)6-2/h2*4H,1-2H3. The summed E-state index contributed by atoms with van der Waals surface area (Å²) in [7, 11) is 3.02. The Morgan fingerprint density at radius 1 is 0.917 bits per heavy atom. The van der Waals surface area contributed by atoms with E-state index in [1.54, 1.807) is 13.8 Å². The van der Waals surface area contributed by atoms with Gasteiger partial charge in [0.1, 0.15) is 12.2 Å². The maximum absolute atomic E-state index is 7.96. The lowest BCUT2D eigenvalue weighted by atomic mass is 10.5. The van der Waals surface area contributed by atoms with Crippen LogP contribution in [0.1, 0.15) is 13.8 Å². The Morgan fingerprint density at radius 3 is 1.17 bits per heavy atom. The third-order valence-corrected chi connectivity index (χ3v) is 1.07. The first-order chi connectivity index (χ1) is 5.62. The third kappa shape index (κ3) is 11.7. The normalized spacial score (nSPS) is 12.8. The van der Waals surface area contributed by atoms with E-state index >= 15 is 0 Å². The molecule has 0 saturated heterocycles. The molecule has 2 atom stereocenters. The first kappa shape index (κ1) is 13.5. The predicted octanol–water partition coefficient (Wildman–Crippen LogP) is 1.09. The summed E-state index contributed by atoms with van der Waals surface area (Å²) in [6, 6.07) is 3.78. The van der Waals surface area contributed by atoms with Gasteiger partial charge in [0.15, 0.2) is 0 Å². The second kappa shape index (κ2) is 9.90. The molecule has 0 spiro atoms. The van der Waals surface area contributed by atoms with Crippen molar-refractivity contribution in [2.75, 3.05) is 14.2 Å². The molecule has 4 heteroatoms. The predicted molar refractivity (Wildman–Crippen MR) is 44.2 cm³/mol. The van der Waals surface area contributed by atoms with Crippen LogP contribution in [0.3, 0.4) is 0 Å². The third-order valence-electron chi connectivity index (χ3n) is 1.07. The van der Waals surface area contributed by atoms with Gasteiger partial charge in [-0.2, -0.15) is 10.5 Å². The zero-order valence-electron chi connectivity index (χ0n) is 7.87. The molecule has 0 aromatic carbocycles. The Bertz CT molecular complexity index is 149. The smallest absolute Gasteiger partial charge is 0.140 e. The SMILES string of the molecule is COC(C)C#N.COC(C)C#N. The number of rotatable bonds is 2. The van der Waals surface area contributed by atoms with E-state index in [0.29, 0.717) is 0 Å². The molecule has 0 amide bonds. The summed E-state index contributed by atoms with van der Waals surface area (Å²) in [5.41, 5.74) is 0. The van der Waals surface area contributed by atoms with Crippen molar-refractivity contribution in [1.29, 1.82) is 10.5 Å². The van der Waals surface area contributed by atoms with Gasteiger partial charge in [-0.3, -0.25) is 0 Å². The van der Waals surface area contributed by atoms with E-state index in [-0.39, 0.29) is 12.2 Å². The average Bonchev–Trinajstić information content (AvgIpc) is 2.16. The molecule has 12 heavy (non-hydrogen) atoms. The fraction of sp³-hybridized carbons (Fsp3) is 0.750. The van der Waals surface area contributed by atoms with Gasteiger partial charge in [0.05, 0.1) is 12.1 Å². The lowest BCUT2D eigenvalue weighted by Gasteiger charge is -1.91. The summed E-state index contributed by atoms with van der Waals surface area (Å²) in [6.07, 6.45) is -0.519. The largest absolute Gasteiger partial charge is 0.367 e. The minimum Gasteiger partial charge on any atom is -0.367 e. The highest BCUT2D eigenvalue weighted by atomic mass is 16.5. The Morgan fingerprint density at radius 2 is 1.17 bits per heavy atom. The van der Waals surface area contributed by atoms with Crippen molar-refractivity contribution >= 4 is 0 Å². The molecular formula is C8H14N2O2. The van der Waals surface area contributed by atoms with Crippen LogP contribution in [-0.4, -0.2) is 26.4 Å². The molecule has 0 N–H and O–H groups in total. The molecule has 0 aliphatic rings. The van der Waals surface area contributed by atoms with Crippen LogP contribution >= 0.6 is 0 Å². The molecule has 0 aliphatic carbocycles. The second-order valence-electron chi connectivity index (χ2n) is 2.01. The number of nitriles is 2. The van der Waals surface area contributed by atoms with E-state index < -0.39 is 0 Å². The monoisotopic (exact) mass is 170 g/mol. The quantitative estimate of drug-likeness (QED) is 0.622. The molecule has 0 bridgehead atoms. The number of nitrogens with zero attached hydrogens (tertiary/aromatic N) is 2. The molecule has 0 rings (SSSR count). The van der Waals surface area contributed by atoms with E-state index in [9.17, 15) is 0 Å². The highest BCUT2D eigenvalue weighted by Gasteiger charge is 1.88. The van der Waals surface area contributed by atoms with Crippen molar-refractivity contribution in [2.45, 2.75) is 26.1 Å². The maximum atomic E-state index is 7.96. The Kier molecular flexibility index (Phi) is 11.1. The van der Waals surface area contributed by atoms with Crippen molar-refractivity contribution in [3.63, 3.8) is 0 Å². The van der Waals surface area contributed by atoms with E-state index in [1.165, 1.54) is 14.2 Å². The van der Waals surface area contributed by atoms with Crippen LogP contribution in [0.5, 0.6) is 0 Å². The molecule has 0 heterocycles. The molecule has 0 saturated carbocycles. The average molecular weight is 170 g/mol. The minimum absolute atomic E-state index is 0.259. The Labute approximate surface area is 73.3 Å². The molecule has 2 unspecified atom stereocenters. The van der Waals surface area contributed by atoms with Gasteiger partial charge in [0, 0.05) is 14.2 Å². The summed E-state index contributed by atoms with van der Waals surface area (Å²) in [4.78, 5) is 0. The number of ether oxygens (including phenoxy) is 2. The van der Waals surface area contributed by atoms with Gasteiger partial charge in [-0.05, 0) is 13.8 Å². The highest BCUT2D eigenvalue weighted by Crippen LogP contribution is 1.79. The fourth-order valence-electron chi connectivity index (χ4n) is 0.105. The van der Waals surface area contributed by atoms with Crippen LogP contribution in [0.2, 0.25) is 0 Å². The molecular weight excluding hydrogens is 156 g/mol. The molecule has 4 nitrogen and oxygen atoms in total. The van der Waals surface area contributed by atoms with E-state index in [4.69, 9.17) is 10.5 Å². The number of hydrogen-bond donors (Lipinski definition) is 0. The lowest BCUT2D eigenvalue weighted by molar-refractivity contribution is 0.162. The molecule has 0 aromatic rings. The van der Waals surface area contributed by atoms with Gasteiger partial charge in [-0.15, -0.1) is 0 Å². The van der Waals surface area contributed by atoms with E-state index in [1.807, 2.05) is 12.1 Å². The maximum Gasteiger partial charge on any atom is 0.140 e. The highest BCUT2D eigenvalue weighted by molar-refractivity contribution is 4.78. The van der Waals surface area contributed by atoms with Crippen molar-refractivity contribution in [3.8, 4) is 12.1 Å². The molecule has 0 fully saturated rings. The van der Waals surface area contributed by atoms with Crippen LogP contribution in [0.25, 0.3) is 0 Å². The van der Waals surface area contributed by atoms with Crippen molar-refractivity contribution in [3.05, 3.63) is 0 Å². The van der Waals surface area contributed by atoms with Crippen LogP contribution < -0.4 is 0 Å². The zero-order chi connectivity index (χ0) is 9.98. The van der Waals surface area contributed by atoms with Crippen molar-refractivity contribution in [1.82, 2.24) is 0 Å². The Hall–Kier alpha value is -1.10. The second-order valence-corrected chi connectivity index (χ2v) is 2.01. The lowest BCUT2D eigenvalue weighted by Crippen LogP contribution is -1.97. The summed E-state index contributed by atoms with van der Waals surface area (Å²) < 4.78 is 9.08. The van der Waals surface area contributed by atoms with Crippen LogP contribution in [0.4, 0.5) is 0 Å². The number of methoxy groups -OCH3 is 2. The van der Waals surface area contributed by atoms with Crippen LogP contribution in [0, 0.1) is 22.7 Å². The summed E-state index contributed by atoms with van der Waals surface area (Å²) in [6.45, 7) is 3.39. The molecule has 0 aromatic heterocycles. The van der Waals surface area contributed by atoms with E-state index in [2.05, 4.69) is 9.47 Å². The van der Waals surface area contributed by atoms with Gasteiger partial charge in [-0.25, -0.2) is 0 Å². The number of hydrogen-bond acceptors (Lipinski definition) is 4. The van der Waals surface area contributed by atoms with Crippen LogP contribution in [0.15, 0.2) is 0 Å². The first-order valence-corrected chi connectivity index (χ1v) is 3.47. The summed E-state index contributed by atoms with van der Waals surface area (Å²) in [5.74, 6) is 0. The van der Waals surface area contributed by atoms with Gasteiger partial charge in [0.25, 0.3) is 0 Å². The molecule has 68 valence electrons. The summed E-state index contributed by atoms with van der Waals surface area (Å²) in [5, 5.41) is 15.9. The van der Waals surface area contributed by atoms with Gasteiger partial charge in [-0.1, -0.05) is 0 Å². The molecule has 0 radical (unpaired) electrons. The van der Waals surface area contributed by atoms with Gasteiger partial charge < -0.3 is 9.47 Å². The van der Waals surface area contributed by atoms with Crippen molar-refractivity contribution in [2.24, 2.45) is 0 Å².